The number of sulfone groups is 1. The number of fused-ring (bicyclic) bond motifs is 1. The van der Waals surface area contributed by atoms with Gasteiger partial charge in [0, 0.05) is 0 Å². The molecule has 0 saturated carbocycles. The Kier molecular flexibility index (Phi) is 2.41. The molecule has 18 heavy (non-hydrogen) atoms. The monoisotopic (exact) mass is 260 g/mol. The summed E-state index contributed by atoms with van der Waals surface area (Å²) in [6.45, 7) is 0. The summed E-state index contributed by atoms with van der Waals surface area (Å²) in [6.07, 6.45) is 0.427. The molecule has 0 spiro atoms. The molecule has 0 fully saturated rings. The molecular formula is C14H12O3S. The molecule has 92 valence electrons. The Morgan fingerprint density at radius 3 is 2.50 bits per heavy atom. The van der Waals surface area contributed by atoms with Crippen LogP contribution in [0.1, 0.15) is 16.4 Å². The number of hydrogen-bond donors (Lipinski definition) is 1. The number of aromatic hydroxyl groups is 1. The summed E-state index contributed by atoms with van der Waals surface area (Å²) >= 11 is 0. The maximum Gasteiger partial charge on any atom is 0.185 e. The number of rotatable bonds is 1. The van der Waals surface area contributed by atoms with Crippen molar-refractivity contribution in [2.24, 2.45) is 0 Å². The van der Waals surface area contributed by atoms with Crippen LogP contribution in [0.25, 0.3) is 0 Å². The molecule has 1 N–H and O–H groups in total. The van der Waals surface area contributed by atoms with Crippen molar-refractivity contribution in [1.29, 1.82) is 0 Å². The van der Waals surface area contributed by atoms with Gasteiger partial charge in [-0.25, -0.2) is 8.42 Å². The predicted molar refractivity (Wildman–Crippen MR) is 68.2 cm³/mol. The highest BCUT2D eigenvalue weighted by Gasteiger charge is 2.37. The van der Waals surface area contributed by atoms with Crippen LogP contribution >= 0.6 is 0 Å². The smallest absolute Gasteiger partial charge is 0.185 e. The van der Waals surface area contributed by atoms with E-state index in [1.807, 2.05) is 30.3 Å². The summed E-state index contributed by atoms with van der Waals surface area (Å²) < 4.78 is 24.8. The van der Waals surface area contributed by atoms with Crippen LogP contribution < -0.4 is 0 Å². The molecule has 4 heteroatoms. The van der Waals surface area contributed by atoms with Crippen LogP contribution in [0.5, 0.6) is 5.75 Å². The van der Waals surface area contributed by atoms with E-state index in [-0.39, 0.29) is 5.75 Å². The third kappa shape index (κ3) is 1.61. The zero-order chi connectivity index (χ0) is 12.8. The third-order valence-electron chi connectivity index (χ3n) is 3.30. The number of phenols is 1. The normalized spacial score (nSPS) is 20.6. The SMILES string of the molecule is O=S1(=O)c2ccc(O)cc2CC1c1ccccc1. The van der Waals surface area contributed by atoms with Gasteiger partial charge in [0.05, 0.1) is 10.1 Å². The topological polar surface area (TPSA) is 54.4 Å². The zero-order valence-corrected chi connectivity index (χ0v) is 10.4. The molecule has 1 heterocycles. The van der Waals surface area contributed by atoms with Crippen LogP contribution in [0, 0.1) is 0 Å². The lowest BCUT2D eigenvalue weighted by Crippen LogP contribution is -2.07. The van der Waals surface area contributed by atoms with Gasteiger partial charge in [0.1, 0.15) is 5.75 Å². The lowest BCUT2D eigenvalue weighted by molar-refractivity contribution is 0.474. The second-order valence-corrected chi connectivity index (χ2v) is 6.54. The molecule has 2 aromatic carbocycles. The summed E-state index contributed by atoms with van der Waals surface area (Å²) in [5.74, 6) is 0.109. The molecule has 0 bridgehead atoms. The van der Waals surface area contributed by atoms with Crippen LogP contribution in [0.3, 0.4) is 0 Å². The highest BCUT2D eigenvalue weighted by atomic mass is 32.2. The maximum absolute atomic E-state index is 12.4. The van der Waals surface area contributed by atoms with Crippen molar-refractivity contribution in [3.05, 3.63) is 59.7 Å². The first kappa shape index (κ1) is 11.3. The molecule has 0 amide bonds. The van der Waals surface area contributed by atoms with Crippen LogP contribution in [0.4, 0.5) is 0 Å². The summed E-state index contributed by atoms with van der Waals surface area (Å²) in [5.41, 5.74) is 1.50. The molecule has 0 aliphatic carbocycles. The molecular weight excluding hydrogens is 248 g/mol. The molecule has 1 aliphatic rings. The molecule has 1 unspecified atom stereocenters. The molecule has 2 aromatic rings. The quantitative estimate of drug-likeness (QED) is 0.857. The van der Waals surface area contributed by atoms with E-state index in [0.29, 0.717) is 16.9 Å². The Hall–Kier alpha value is -1.81. The Morgan fingerprint density at radius 1 is 1.06 bits per heavy atom. The summed E-state index contributed by atoms with van der Waals surface area (Å²) in [5, 5.41) is 8.90. The van der Waals surface area contributed by atoms with Crippen molar-refractivity contribution in [3.8, 4) is 5.75 Å². The number of hydrogen-bond acceptors (Lipinski definition) is 3. The first-order valence-corrected chi connectivity index (χ1v) is 7.24. The van der Waals surface area contributed by atoms with Gasteiger partial charge in [-0.2, -0.15) is 0 Å². The molecule has 0 aromatic heterocycles. The van der Waals surface area contributed by atoms with Gasteiger partial charge < -0.3 is 5.11 Å². The molecule has 3 rings (SSSR count). The van der Waals surface area contributed by atoms with E-state index in [0.717, 1.165) is 5.56 Å². The van der Waals surface area contributed by atoms with Gasteiger partial charge in [-0.05, 0) is 35.7 Å². The lowest BCUT2D eigenvalue weighted by Gasteiger charge is -2.09. The average Bonchev–Trinajstić information content (AvgIpc) is 2.61. The van der Waals surface area contributed by atoms with Crippen molar-refractivity contribution in [2.75, 3.05) is 0 Å². The second-order valence-electron chi connectivity index (χ2n) is 4.44. The summed E-state index contributed by atoms with van der Waals surface area (Å²) in [4.78, 5) is 0.342. The van der Waals surface area contributed by atoms with E-state index in [4.69, 9.17) is 0 Å². The Balaban J connectivity index is 2.14. The summed E-state index contributed by atoms with van der Waals surface area (Å²) in [7, 11) is -3.33. The van der Waals surface area contributed by atoms with E-state index in [2.05, 4.69) is 0 Å². The largest absolute Gasteiger partial charge is 0.508 e. The van der Waals surface area contributed by atoms with Crippen molar-refractivity contribution in [1.82, 2.24) is 0 Å². The zero-order valence-electron chi connectivity index (χ0n) is 9.58. The Morgan fingerprint density at radius 2 is 1.78 bits per heavy atom. The Bertz CT molecular complexity index is 690. The number of phenolic OH excluding ortho intramolecular Hbond substituents is 1. The van der Waals surface area contributed by atoms with E-state index in [1.54, 1.807) is 0 Å². The van der Waals surface area contributed by atoms with Crippen molar-refractivity contribution < 1.29 is 13.5 Å². The van der Waals surface area contributed by atoms with Gasteiger partial charge in [-0.3, -0.25) is 0 Å². The van der Waals surface area contributed by atoms with Gasteiger partial charge >= 0.3 is 0 Å². The minimum absolute atomic E-state index is 0.109. The second kappa shape index (κ2) is 3.85. The Labute approximate surface area is 106 Å². The third-order valence-corrected chi connectivity index (χ3v) is 5.50. The van der Waals surface area contributed by atoms with E-state index in [9.17, 15) is 13.5 Å². The molecule has 1 atom stereocenters. The fourth-order valence-electron chi connectivity index (χ4n) is 2.43. The lowest BCUT2D eigenvalue weighted by atomic mass is 10.0. The minimum Gasteiger partial charge on any atom is -0.508 e. The molecule has 3 nitrogen and oxygen atoms in total. The highest BCUT2D eigenvalue weighted by molar-refractivity contribution is 7.92. The van der Waals surface area contributed by atoms with Crippen molar-refractivity contribution >= 4 is 9.84 Å². The molecule has 0 radical (unpaired) electrons. The van der Waals surface area contributed by atoms with Crippen LogP contribution in [0.15, 0.2) is 53.4 Å². The summed E-state index contributed by atoms with van der Waals surface area (Å²) in [6, 6.07) is 13.6. The standard InChI is InChI=1S/C14H12O3S/c15-12-6-7-13-11(8-12)9-14(18(13,16)17)10-4-2-1-3-5-10/h1-8,14-15H,9H2. The van der Waals surface area contributed by atoms with E-state index < -0.39 is 15.1 Å². The van der Waals surface area contributed by atoms with Gasteiger partial charge in [-0.15, -0.1) is 0 Å². The van der Waals surface area contributed by atoms with Gasteiger partial charge in [-0.1, -0.05) is 30.3 Å². The first-order chi connectivity index (χ1) is 8.59. The van der Waals surface area contributed by atoms with Gasteiger partial charge in [0.25, 0.3) is 0 Å². The maximum atomic E-state index is 12.4. The van der Waals surface area contributed by atoms with Gasteiger partial charge in [0.2, 0.25) is 0 Å². The minimum atomic E-state index is -3.33. The highest BCUT2D eigenvalue weighted by Crippen LogP contribution is 2.41. The van der Waals surface area contributed by atoms with E-state index in [1.165, 1.54) is 18.2 Å². The fourth-order valence-corrected chi connectivity index (χ4v) is 4.42. The van der Waals surface area contributed by atoms with E-state index >= 15 is 0 Å². The van der Waals surface area contributed by atoms with Crippen molar-refractivity contribution in [3.63, 3.8) is 0 Å². The molecule has 0 saturated heterocycles. The van der Waals surface area contributed by atoms with Crippen LogP contribution in [0.2, 0.25) is 0 Å². The van der Waals surface area contributed by atoms with Gasteiger partial charge in [0.15, 0.2) is 9.84 Å². The van der Waals surface area contributed by atoms with Crippen LogP contribution in [-0.4, -0.2) is 13.5 Å². The number of benzene rings is 2. The first-order valence-electron chi connectivity index (χ1n) is 5.70. The average molecular weight is 260 g/mol. The van der Waals surface area contributed by atoms with Crippen molar-refractivity contribution in [2.45, 2.75) is 16.6 Å². The molecule has 1 aliphatic heterocycles. The van der Waals surface area contributed by atoms with Crippen LogP contribution in [-0.2, 0) is 16.3 Å². The predicted octanol–water partition coefficient (Wildman–Crippen LogP) is 2.46. The fraction of sp³-hybridized carbons (Fsp3) is 0.143.